The molecule has 100 valence electrons. The molecule has 0 saturated carbocycles. The number of nitrogens with zero attached hydrogens (tertiary/aromatic N) is 2. The van der Waals surface area contributed by atoms with E-state index >= 15 is 0 Å². The standard InChI is InChI=1S/C14H17N3O2/c1-2-3-6-9-15-13-10-14(17(18)19)16-12-8-5-4-7-11(12)13/h4-5,7-8,10H,2-3,6,9H2,1H3,(H,15,16). The predicted molar refractivity (Wildman–Crippen MR) is 76.4 cm³/mol. The number of hydrogen-bond donors (Lipinski definition) is 1. The van der Waals surface area contributed by atoms with Gasteiger partial charge in [-0.15, -0.1) is 0 Å². The number of unbranched alkanes of at least 4 members (excludes halogenated alkanes) is 2. The van der Waals surface area contributed by atoms with Crippen molar-refractivity contribution in [1.29, 1.82) is 0 Å². The van der Waals surface area contributed by atoms with Gasteiger partial charge in [-0.3, -0.25) is 0 Å². The van der Waals surface area contributed by atoms with Gasteiger partial charge >= 0.3 is 5.82 Å². The molecule has 19 heavy (non-hydrogen) atoms. The maximum Gasteiger partial charge on any atom is 0.366 e. The van der Waals surface area contributed by atoms with Crippen molar-refractivity contribution in [3.05, 3.63) is 40.4 Å². The van der Waals surface area contributed by atoms with Crippen molar-refractivity contribution in [2.75, 3.05) is 11.9 Å². The van der Waals surface area contributed by atoms with E-state index in [0.29, 0.717) is 5.52 Å². The van der Waals surface area contributed by atoms with Crippen LogP contribution in [0.4, 0.5) is 11.5 Å². The molecule has 0 spiro atoms. The van der Waals surface area contributed by atoms with Crippen LogP contribution < -0.4 is 5.32 Å². The van der Waals surface area contributed by atoms with Gasteiger partial charge in [-0.05, 0) is 28.5 Å². The van der Waals surface area contributed by atoms with E-state index in [4.69, 9.17) is 0 Å². The molecule has 0 amide bonds. The van der Waals surface area contributed by atoms with Crippen molar-refractivity contribution < 1.29 is 4.92 Å². The molecule has 1 heterocycles. The van der Waals surface area contributed by atoms with Gasteiger partial charge in [-0.2, -0.15) is 0 Å². The van der Waals surface area contributed by atoms with Gasteiger partial charge in [0.2, 0.25) is 0 Å². The number of nitro groups is 1. The third kappa shape index (κ3) is 3.19. The zero-order chi connectivity index (χ0) is 13.7. The first-order chi connectivity index (χ1) is 9.22. The fourth-order valence-electron chi connectivity index (χ4n) is 2.00. The Morgan fingerprint density at radius 1 is 1.32 bits per heavy atom. The Labute approximate surface area is 111 Å². The van der Waals surface area contributed by atoms with Crippen molar-refractivity contribution in [2.45, 2.75) is 26.2 Å². The average molecular weight is 259 g/mol. The van der Waals surface area contributed by atoms with Gasteiger partial charge in [0.25, 0.3) is 0 Å². The molecule has 1 aromatic carbocycles. The summed E-state index contributed by atoms with van der Waals surface area (Å²) < 4.78 is 0. The number of benzene rings is 1. The van der Waals surface area contributed by atoms with Crippen LogP contribution in [0.1, 0.15) is 26.2 Å². The molecule has 1 aromatic heterocycles. The van der Waals surface area contributed by atoms with E-state index in [1.54, 1.807) is 6.07 Å². The minimum atomic E-state index is -0.455. The summed E-state index contributed by atoms with van der Waals surface area (Å²) in [5.41, 5.74) is 1.43. The fourth-order valence-corrected chi connectivity index (χ4v) is 2.00. The molecule has 0 radical (unpaired) electrons. The topological polar surface area (TPSA) is 68.1 Å². The fraction of sp³-hybridized carbons (Fsp3) is 0.357. The third-order valence-corrected chi connectivity index (χ3v) is 2.99. The van der Waals surface area contributed by atoms with Gasteiger partial charge in [0.05, 0.1) is 11.8 Å². The van der Waals surface area contributed by atoms with Crippen LogP contribution in [0.5, 0.6) is 0 Å². The molecule has 5 nitrogen and oxygen atoms in total. The third-order valence-electron chi connectivity index (χ3n) is 2.99. The summed E-state index contributed by atoms with van der Waals surface area (Å²) in [7, 11) is 0. The highest BCUT2D eigenvalue weighted by atomic mass is 16.6. The number of para-hydroxylation sites is 1. The van der Waals surface area contributed by atoms with Gasteiger partial charge in [0.1, 0.15) is 0 Å². The lowest BCUT2D eigenvalue weighted by atomic mass is 10.1. The minimum Gasteiger partial charge on any atom is -0.384 e. The van der Waals surface area contributed by atoms with E-state index in [1.807, 2.05) is 18.2 Å². The molecule has 2 aromatic rings. The number of pyridine rings is 1. The van der Waals surface area contributed by atoms with Gasteiger partial charge in [0.15, 0.2) is 5.52 Å². The van der Waals surface area contributed by atoms with Crippen LogP contribution in [0, 0.1) is 10.1 Å². The molecule has 0 atom stereocenters. The zero-order valence-electron chi connectivity index (χ0n) is 10.9. The molecule has 0 aliphatic rings. The van der Waals surface area contributed by atoms with E-state index in [9.17, 15) is 10.1 Å². The lowest BCUT2D eigenvalue weighted by Gasteiger charge is -2.08. The Bertz CT molecular complexity index is 584. The Balaban J connectivity index is 2.31. The van der Waals surface area contributed by atoms with Crippen molar-refractivity contribution in [1.82, 2.24) is 4.98 Å². The SMILES string of the molecule is CCCCCNc1cc([N+](=O)[O-])nc2ccccc12. The summed E-state index contributed by atoms with van der Waals surface area (Å²) in [4.78, 5) is 14.5. The van der Waals surface area contributed by atoms with Gasteiger partial charge in [-0.1, -0.05) is 31.9 Å². The molecule has 5 heteroatoms. The number of rotatable bonds is 6. The lowest BCUT2D eigenvalue weighted by Crippen LogP contribution is -2.03. The minimum absolute atomic E-state index is 0.114. The summed E-state index contributed by atoms with van der Waals surface area (Å²) in [5, 5.41) is 15.1. The second-order valence-electron chi connectivity index (χ2n) is 4.44. The van der Waals surface area contributed by atoms with Crippen LogP contribution in [-0.4, -0.2) is 16.5 Å². The highest BCUT2D eigenvalue weighted by Gasteiger charge is 2.13. The molecule has 0 fully saturated rings. The highest BCUT2D eigenvalue weighted by molar-refractivity contribution is 5.92. The van der Waals surface area contributed by atoms with E-state index in [0.717, 1.165) is 36.9 Å². The first-order valence-corrected chi connectivity index (χ1v) is 6.50. The monoisotopic (exact) mass is 259 g/mol. The van der Waals surface area contributed by atoms with Crippen molar-refractivity contribution in [3.63, 3.8) is 0 Å². The number of fused-ring (bicyclic) bond motifs is 1. The zero-order valence-corrected chi connectivity index (χ0v) is 10.9. The van der Waals surface area contributed by atoms with Crippen molar-refractivity contribution in [3.8, 4) is 0 Å². The molecular weight excluding hydrogens is 242 g/mol. The summed E-state index contributed by atoms with van der Waals surface area (Å²) in [5.74, 6) is -0.114. The first-order valence-electron chi connectivity index (χ1n) is 6.50. The number of nitrogens with one attached hydrogen (secondary N) is 1. The second-order valence-corrected chi connectivity index (χ2v) is 4.44. The van der Waals surface area contributed by atoms with Crippen LogP contribution in [0.2, 0.25) is 0 Å². The molecule has 2 rings (SSSR count). The molecule has 0 bridgehead atoms. The van der Waals surface area contributed by atoms with Crippen LogP contribution in [0.15, 0.2) is 30.3 Å². The molecule has 0 aliphatic carbocycles. The first kappa shape index (κ1) is 13.3. The van der Waals surface area contributed by atoms with E-state index < -0.39 is 4.92 Å². The van der Waals surface area contributed by atoms with Crippen molar-refractivity contribution in [2.24, 2.45) is 0 Å². The summed E-state index contributed by atoms with van der Waals surface area (Å²) in [6.07, 6.45) is 3.36. The Hall–Kier alpha value is -2.17. The average Bonchev–Trinajstić information content (AvgIpc) is 2.43. The molecule has 0 saturated heterocycles. The highest BCUT2D eigenvalue weighted by Crippen LogP contribution is 2.26. The smallest absolute Gasteiger partial charge is 0.366 e. The van der Waals surface area contributed by atoms with Crippen molar-refractivity contribution >= 4 is 22.4 Å². The Morgan fingerprint density at radius 2 is 2.11 bits per heavy atom. The van der Waals surface area contributed by atoms with Gasteiger partial charge in [0, 0.05) is 11.9 Å². The van der Waals surface area contributed by atoms with E-state index in [2.05, 4.69) is 17.2 Å². The molecular formula is C14H17N3O2. The van der Waals surface area contributed by atoms with Crippen LogP contribution >= 0.6 is 0 Å². The van der Waals surface area contributed by atoms with Crippen LogP contribution in [-0.2, 0) is 0 Å². The summed E-state index contributed by atoms with van der Waals surface area (Å²) in [6, 6.07) is 8.97. The second kappa shape index (κ2) is 6.13. The lowest BCUT2D eigenvalue weighted by molar-refractivity contribution is -0.389. The number of hydrogen-bond acceptors (Lipinski definition) is 4. The normalized spacial score (nSPS) is 10.6. The summed E-state index contributed by atoms with van der Waals surface area (Å²) in [6.45, 7) is 2.96. The Morgan fingerprint density at radius 3 is 2.84 bits per heavy atom. The van der Waals surface area contributed by atoms with Crippen LogP contribution in [0.3, 0.4) is 0 Å². The maximum absolute atomic E-state index is 10.9. The quantitative estimate of drug-likeness (QED) is 0.487. The largest absolute Gasteiger partial charge is 0.384 e. The van der Waals surface area contributed by atoms with Gasteiger partial charge < -0.3 is 15.4 Å². The van der Waals surface area contributed by atoms with E-state index in [1.165, 1.54) is 6.07 Å². The molecule has 1 N–H and O–H groups in total. The van der Waals surface area contributed by atoms with Crippen LogP contribution in [0.25, 0.3) is 10.9 Å². The Kier molecular flexibility index (Phi) is 4.28. The maximum atomic E-state index is 10.9. The number of anilines is 1. The molecule has 0 aliphatic heterocycles. The summed E-state index contributed by atoms with van der Waals surface area (Å²) >= 11 is 0. The van der Waals surface area contributed by atoms with E-state index in [-0.39, 0.29) is 5.82 Å². The predicted octanol–water partition coefficient (Wildman–Crippen LogP) is 3.75. The van der Waals surface area contributed by atoms with Gasteiger partial charge in [-0.25, -0.2) is 0 Å². The molecule has 0 unspecified atom stereocenters. The number of aromatic nitrogens is 1.